The molecule has 0 bridgehead atoms. The van der Waals surface area contributed by atoms with Gasteiger partial charge in [-0.2, -0.15) is 0 Å². The van der Waals surface area contributed by atoms with Crippen molar-refractivity contribution in [1.29, 1.82) is 0 Å². The number of nitrogens with zero attached hydrogens (tertiary/aromatic N) is 2. The molecule has 5 nitrogen and oxygen atoms in total. The molecule has 3 N–H and O–H groups in total. The summed E-state index contributed by atoms with van der Waals surface area (Å²) in [7, 11) is 0. The molecule has 0 aromatic carbocycles. The van der Waals surface area contributed by atoms with E-state index in [1.165, 1.54) is 11.3 Å². The van der Waals surface area contributed by atoms with Crippen LogP contribution in [-0.4, -0.2) is 10.2 Å². The van der Waals surface area contributed by atoms with Crippen molar-refractivity contribution >= 4 is 16.5 Å². The Morgan fingerprint density at radius 2 is 2.43 bits per heavy atom. The highest BCUT2D eigenvalue weighted by molar-refractivity contribution is 7.15. The van der Waals surface area contributed by atoms with Crippen molar-refractivity contribution in [2.75, 3.05) is 5.32 Å². The van der Waals surface area contributed by atoms with Crippen LogP contribution >= 0.6 is 11.3 Å². The van der Waals surface area contributed by atoms with Crippen LogP contribution in [-0.2, 0) is 13.1 Å². The molecule has 0 unspecified atom stereocenters. The van der Waals surface area contributed by atoms with Crippen molar-refractivity contribution in [3.05, 3.63) is 29.2 Å². The lowest BCUT2D eigenvalue weighted by molar-refractivity contribution is 0.518. The molecular formula is C8H10N4OS. The summed E-state index contributed by atoms with van der Waals surface area (Å²) in [5.74, 6) is 0.870. The van der Waals surface area contributed by atoms with E-state index in [1.54, 1.807) is 6.26 Å². The predicted octanol–water partition coefficient (Wildman–Crippen LogP) is 1.20. The molecule has 6 heteroatoms. The maximum Gasteiger partial charge on any atom is 0.206 e. The molecule has 2 rings (SSSR count). The molecule has 0 fully saturated rings. The summed E-state index contributed by atoms with van der Waals surface area (Å²) < 4.78 is 5.16. The summed E-state index contributed by atoms with van der Waals surface area (Å²) in [6, 6.07) is 3.75. The molecule has 2 aromatic rings. The second kappa shape index (κ2) is 4.21. The molecule has 74 valence electrons. The lowest BCUT2D eigenvalue weighted by Gasteiger charge is -1.96. The summed E-state index contributed by atoms with van der Waals surface area (Å²) in [5, 5.41) is 12.5. The minimum Gasteiger partial charge on any atom is -0.467 e. The Kier molecular flexibility index (Phi) is 2.76. The van der Waals surface area contributed by atoms with Gasteiger partial charge in [-0.15, -0.1) is 10.2 Å². The van der Waals surface area contributed by atoms with Crippen molar-refractivity contribution in [2.24, 2.45) is 5.73 Å². The Morgan fingerprint density at radius 3 is 3.07 bits per heavy atom. The number of hydrogen-bond donors (Lipinski definition) is 2. The maximum absolute atomic E-state index is 5.42. The molecular weight excluding hydrogens is 200 g/mol. The number of furan rings is 1. The number of hydrogen-bond acceptors (Lipinski definition) is 6. The van der Waals surface area contributed by atoms with Gasteiger partial charge in [-0.25, -0.2) is 0 Å². The molecule has 0 atom stereocenters. The lowest BCUT2D eigenvalue weighted by atomic mass is 10.4. The highest BCUT2D eigenvalue weighted by atomic mass is 32.1. The Labute approximate surface area is 85.0 Å². The molecule has 0 amide bonds. The SMILES string of the molecule is NCc1nnc(NCc2ccco2)s1. The van der Waals surface area contributed by atoms with Gasteiger partial charge >= 0.3 is 0 Å². The summed E-state index contributed by atoms with van der Waals surface area (Å²) >= 11 is 1.45. The van der Waals surface area contributed by atoms with E-state index in [9.17, 15) is 0 Å². The summed E-state index contributed by atoms with van der Waals surface area (Å²) in [6.07, 6.45) is 1.64. The van der Waals surface area contributed by atoms with E-state index in [0.717, 1.165) is 15.9 Å². The van der Waals surface area contributed by atoms with Crippen LogP contribution in [0.3, 0.4) is 0 Å². The van der Waals surface area contributed by atoms with Crippen LogP contribution in [0.25, 0.3) is 0 Å². The highest BCUT2D eigenvalue weighted by Crippen LogP contribution is 2.15. The van der Waals surface area contributed by atoms with Gasteiger partial charge in [0.1, 0.15) is 10.8 Å². The zero-order valence-electron chi connectivity index (χ0n) is 7.43. The summed E-state index contributed by atoms with van der Waals surface area (Å²) in [4.78, 5) is 0. The van der Waals surface area contributed by atoms with Gasteiger partial charge in [-0.3, -0.25) is 0 Å². The Morgan fingerprint density at radius 1 is 1.50 bits per heavy atom. The first-order valence-electron chi connectivity index (χ1n) is 4.17. The van der Waals surface area contributed by atoms with E-state index >= 15 is 0 Å². The third-order valence-electron chi connectivity index (χ3n) is 1.64. The van der Waals surface area contributed by atoms with Crippen LogP contribution in [0.2, 0.25) is 0 Å². The van der Waals surface area contributed by atoms with Gasteiger partial charge < -0.3 is 15.5 Å². The average molecular weight is 210 g/mol. The van der Waals surface area contributed by atoms with Crippen LogP contribution in [0, 0.1) is 0 Å². The molecule has 0 radical (unpaired) electrons. The normalized spacial score (nSPS) is 10.4. The molecule has 0 aliphatic heterocycles. The summed E-state index contributed by atoms with van der Waals surface area (Å²) in [5.41, 5.74) is 5.42. The Bertz CT molecular complexity index is 384. The fourth-order valence-corrected chi connectivity index (χ4v) is 1.60. The van der Waals surface area contributed by atoms with Gasteiger partial charge in [-0.05, 0) is 12.1 Å². The number of nitrogens with two attached hydrogens (primary N) is 1. The average Bonchev–Trinajstić information content (AvgIpc) is 2.86. The fraction of sp³-hybridized carbons (Fsp3) is 0.250. The molecule has 0 saturated heterocycles. The molecule has 14 heavy (non-hydrogen) atoms. The number of anilines is 1. The van der Waals surface area contributed by atoms with Crippen molar-refractivity contribution in [3.63, 3.8) is 0 Å². The second-order valence-corrected chi connectivity index (χ2v) is 3.70. The first-order valence-corrected chi connectivity index (χ1v) is 4.99. The maximum atomic E-state index is 5.42. The molecule has 2 aromatic heterocycles. The van der Waals surface area contributed by atoms with Gasteiger partial charge in [-0.1, -0.05) is 11.3 Å². The monoisotopic (exact) mass is 210 g/mol. The minimum absolute atomic E-state index is 0.431. The van der Waals surface area contributed by atoms with Gasteiger partial charge in [0.15, 0.2) is 0 Å². The zero-order valence-corrected chi connectivity index (χ0v) is 8.25. The first kappa shape index (κ1) is 9.17. The van der Waals surface area contributed by atoms with Gasteiger partial charge in [0, 0.05) is 6.54 Å². The largest absolute Gasteiger partial charge is 0.467 e. The zero-order chi connectivity index (χ0) is 9.80. The van der Waals surface area contributed by atoms with E-state index in [1.807, 2.05) is 12.1 Å². The van der Waals surface area contributed by atoms with E-state index in [2.05, 4.69) is 15.5 Å². The fourth-order valence-electron chi connectivity index (χ4n) is 0.983. The van der Waals surface area contributed by atoms with Crippen molar-refractivity contribution in [2.45, 2.75) is 13.1 Å². The predicted molar refractivity (Wildman–Crippen MR) is 53.8 cm³/mol. The molecule has 2 heterocycles. The van der Waals surface area contributed by atoms with E-state index in [0.29, 0.717) is 13.1 Å². The van der Waals surface area contributed by atoms with E-state index in [-0.39, 0.29) is 0 Å². The Balaban J connectivity index is 1.92. The first-order chi connectivity index (χ1) is 6.88. The molecule has 0 saturated carbocycles. The number of aromatic nitrogens is 2. The second-order valence-electron chi connectivity index (χ2n) is 2.64. The van der Waals surface area contributed by atoms with Crippen molar-refractivity contribution in [1.82, 2.24) is 10.2 Å². The van der Waals surface area contributed by atoms with Gasteiger partial charge in [0.25, 0.3) is 0 Å². The van der Waals surface area contributed by atoms with Crippen LogP contribution in [0.15, 0.2) is 22.8 Å². The van der Waals surface area contributed by atoms with Crippen molar-refractivity contribution < 1.29 is 4.42 Å². The quantitative estimate of drug-likeness (QED) is 0.793. The topological polar surface area (TPSA) is 77.0 Å². The van der Waals surface area contributed by atoms with Crippen LogP contribution in [0.5, 0.6) is 0 Å². The smallest absolute Gasteiger partial charge is 0.206 e. The lowest BCUT2D eigenvalue weighted by Crippen LogP contribution is -1.97. The molecule has 0 aliphatic rings. The summed E-state index contributed by atoms with van der Waals surface area (Å²) in [6.45, 7) is 1.05. The third kappa shape index (κ3) is 2.09. The molecule has 0 spiro atoms. The van der Waals surface area contributed by atoms with Gasteiger partial charge in [0.2, 0.25) is 5.13 Å². The minimum atomic E-state index is 0.431. The highest BCUT2D eigenvalue weighted by Gasteiger charge is 2.02. The van der Waals surface area contributed by atoms with Crippen LogP contribution in [0.4, 0.5) is 5.13 Å². The molecule has 0 aliphatic carbocycles. The standard InChI is InChI=1S/C8H10N4OS/c9-4-7-11-12-8(14-7)10-5-6-2-1-3-13-6/h1-3H,4-5,9H2,(H,10,12). The van der Waals surface area contributed by atoms with Crippen LogP contribution < -0.4 is 11.1 Å². The van der Waals surface area contributed by atoms with E-state index < -0.39 is 0 Å². The van der Waals surface area contributed by atoms with E-state index in [4.69, 9.17) is 10.2 Å². The van der Waals surface area contributed by atoms with Crippen LogP contribution in [0.1, 0.15) is 10.8 Å². The Hall–Kier alpha value is -1.40. The third-order valence-corrected chi connectivity index (χ3v) is 2.54. The number of nitrogens with one attached hydrogen (secondary N) is 1. The van der Waals surface area contributed by atoms with Crippen molar-refractivity contribution in [3.8, 4) is 0 Å². The number of rotatable bonds is 4. The van der Waals surface area contributed by atoms with Gasteiger partial charge in [0.05, 0.1) is 12.8 Å².